The highest BCUT2D eigenvalue weighted by atomic mass is 14.9. The summed E-state index contributed by atoms with van der Waals surface area (Å²) >= 11 is 0. The van der Waals surface area contributed by atoms with Crippen molar-refractivity contribution in [3.63, 3.8) is 0 Å². The van der Waals surface area contributed by atoms with Gasteiger partial charge in [0.1, 0.15) is 0 Å². The van der Waals surface area contributed by atoms with Gasteiger partial charge in [-0.05, 0) is 37.1 Å². The summed E-state index contributed by atoms with van der Waals surface area (Å²) in [6, 6.07) is 21.1. The lowest BCUT2D eigenvalue weighted by molar-refractivity contribution is 0.535. The fraction of sp³-hybridized carbons (Fsp3) is 0.294. The van der Waals surface area contributed by atoms with E-state index in [1.54, 1.807) is 0 Å². The average Bonchev–Trinajstić information content (AvgIpc) is 2.47. The lowest BCUT2D eigenvalue weighted by Gasteiger charge is -2.23. The van der Waals surface area contributed by atoms with Gasteiger partial charge in [-0.2, -0.15) is 0 Å². The van der Waals surface area contributed by atoms with Gasteiger partial charge in [0, 0.05) is 24.0 Å². The zero-order valence-electron chi connectivity index (χ0n) is 11.6. The van der Waals surface area contributed by atoms with Gasteiger partial charge in [0.05, 0.1) is 0 Å². The van der Waals surface area contributed by atoms with E-state index in [2.05, 4.69) is 73.0 Å². The molecule has 0 aromatic heterocycles. The molecule has 0 saturated heterocycles. The van der Waals surface area contributed by atoms with Crippen molar-refractivity contribution in [1.29, 1.82) is 0 Å². The number of para-hydroxylation sites is 2. The quantitative estimate of drug-likeness (QED) is 0.806. The van der Waals surface area contributed by atoms with E-state index in [9.17, 15) is 0 Å². The maximum absolute atomic E-state index is 3.54. The molecular formula is C17H22N2. The number of hydrogen-bond donors (Lipinski definition) is 2. The van der Waals surface area contributed by atoms with E-state index in [-0.39, 0.29) is 0 Å². The van der Waals surface area contributed by atoms with E-state index >= 15 is 0 Å². The Balaban J connectivity index is 1.81. The molecule has 2 aromatic carbocycles. The summed E-state index contributed by atoms with van der Waals surface area (Å²) in [5.74, 6) is 0.542. The van der Waals surface area contributed by atoms with Gasteiger partial charge < -0.3 is 10.6 Å². The summed E-state index contributed by atoms with van der Waals surface area (Å²) in [7, 11) is 0. The maximum atomic E-state index is 3.54. The normalized spacial score (nSPS) is 13.6. The minimum absolute atomic E-state index is 0.429. The molecule has 0 aliphatic heterocycles. The van der Waals surface area contributed by atoms with Crippen LogP contribution in [0.15, 0.2) is 60.7 Å². The van der Waals surface area contributed by atoms with Gasteiger partial charge in [0.15, 0.2) is 0 Å². The van der Waals surface area contributed by atoms with Crippen LogP contribution >= 0.6 is 0 Å². The Morgan fingerprint density at radius 1 is 0.789 bits per heavy atom. The largest absolute Gasteiger partial charge is 0.385 e. The molecule has 0 amide bonds. The van der Waals surface area contributed by atoms with Gasteiger partial charge in [-0.1, -0.05) is 43.3 Å². The molecule has 2 unspecified atom stereocenters. The topological polar surface area (TPSA) is 24.1 Å². The first kappa shape index (κ1) is 13.5. The Kier molecular flexibility index (Phi) is 4.85. The molecule has 2 N–H and O–H groups in total. The maximum Gasteiger partial charge on any atom is 0.0342 e. The fourth-order valence-electron chi connectivity index (χ4n) is 1.95. The third-order valence-corrected chi connectivity index (χ3v) is 3.42. The predicted octanol–water partition coefficient (Wildman–Crippen LogP) is 4.24. The minimum Gasteiger partial charge on any atom is -0.385 e. The highest BCUT2D eigenvalue weighted by Gasteiger charge is 2.11. The van der Waals surface area contributed by atoms with Crippen LogP contribution in [0, 0.1) is 5.92 Å². The molecule has 0 heterocycles. The van der Waals surface area contributed by atoms with Crippen molar-refractivity contribution in [3.05, 3.63) is 60.7 Å². The molecule has 2 atom stereocenters. The molecule has 0 fully saturated rings. The van der Waals surface area contributed by atoms with E-state index in [1.165, 1.54) is 11.4 Å². The lowest BCUT2D eigenvalue weighted by atomic mass is 10.0. The average molecular weight is 254 g/mol. The van der Waals surface area contributed by atoms with Crippen LogP contribution in [0.25, 0.3) is 0 Å². The number of benzene rings is 2. The summed E-state index contributed by atoms with van der Waals surface area (Å²) in [5, 5.41) is 7.01. The van der Waals surface area contributed by atoms with Crippen molar-refractivity contribution in [1.82, 2.24) is 0 Å². The third kappa shape index (κ3) is 4.32. The number of nitrogens with one attached hydrogen (secondary N) is 2. The Hall–Kier alpha value is -1.96. The highest BCUT2D eigenvalue weighted by molar-refractivity contribution is 5.44. The van der Waals surface area contributed by atoms with Crippen LogP contribution in [0.1, 0.15) is 13.8 Å². The summed E-state index contributed by atoms with van der Waals surface area (Å²) in [5.41, 5.74) is 2.36. The van der Waals surface area contributed by atoms with Crippen LogP contribution in [-0.4, -0.2) is 12.6 Å². The van der Waals surface area contributed by atoms with Crippen molar-refractivity contribution in [2.45, 2.75) is 19.9 Å². The third-order valence-electron chi connectivity index (χ3n) is 3.42. The smallest absolute Gasteiger partial charge is 0.0342 e. The number of hydrogen-bond acceptors (Lipinski definition) is 2. The molecule has 0 radical (unpaired) electrons. The molecule has 100 valence electrons. The minimum atomic E-state index is 0.429. The summed E-state index contributed by atoms with van der Waals surface area (Å²) in [6.07, 6.45) is 0. The summed E-state index contributed by atoms with van der Waals surface area (Å²) in [4.78, 5) is 0. The van der Waals surface area contributed by atoms with Crippen molar-refractivity contribution in [2.75, 3.05) is 17.2 Å². The van der Waals surface area contributed by atoms with Crippen LogP contribution in [0.5, 0.6) is 0 Å². The second-order valence-electron chi connectivity index (χ2n) is 5.02. The Morgan fingerprint density at radius 2 is 1.32 bits per heavy atom. The fourth-order valence-corrected chi connectivity index (χ4v) is 1.95. The number of anilines is 2. The van der Waals surface area contributed by atoms with Gasteiger partial charge in [0.2, 0.25) is 0 Å². The summed E-state index contributed by atoms with van der Waals surface area (Å²) < 4.78 is 0. The van der Waals surface area contributed by atoms with Crippen LogP contribution < -0.4 is 10.6 Å². The first-order chi connectivity index (χ1) is 9.25. The Morgan fingerprint density at radius 3 is 1.89 bits per heavy atom. The molecule has 0 spiro atoms. The predicted molar refractivity (Wildman–Crippen MR) is 83.6 cm³/mol. The molecule has 19 heavy (non-hydrogen) atoms. The number of rotatable bonds is 6. The van der Waals surface area contributed by atoms with Gasteiger partial charge >= 0.3 is 0 Å². The van der Waals surface area contributed by atoms with Crippen molar-refractivity contribution >= 4 is 11.4 Å². The molecule has 2 nitrogen and oxygen atoms in total. The molecule has 2 heteroatoms. The van der Waals surface area contributed by atoms with Gasteiger partial charge in [-0.15, -0.1) is 0 Å². The first-order valence-corrected chi connectivity index (χ1v) is 6.86. The van der Waals surface area contributed by atoms with Gasteiger partial charge in [-0.25, -0.2) is 0 Å². The van der Waals surface area contributed by atoms with E-state index in [0.29, 0.717) is 12.0 Å². The molecule has 0 aliphatic carbocycles. The van der Waals surface area contributed by atoms with Crippen LogP contribution in [0.4, 0.5) is 11.4 Å². The van der Waals surface area contributed by atoms with E-state index in [0.717, 1.165) is 6.54 Å². The van der Waals surface area contributed by atoms with Crippen molar-refractivity contribution in [3.8, 4) is 0 Å². The summed E-state index contributed by atoms with van der Waals surface area (Å²) in [6.45, 7) is 5.45. The second kappa shape index (κ2) is 6.83. The van der Waals surface area contributed by atoms with E-state index < -0.39 is 0 Å². The standard InChI is InChI=1S/C17H22N2/c1-14(13-18-16-9-5-3-6-10-16)15(2)19-17-11-7-4-8-12-17/h3-12,14-15,18-19H,13H2,1-2H3. The molecule has 0 aliphatic rings. The second-order valence-corrected chi connectivity index (χ2v) is 5.02. The molecule has 0 saturated carbocycles. The van der Waals surface area contributed by atoms with Crippen LogP contribution in [0.3, 0.4) is 0 Å². The Labute approximate surface area is 115 Å². The molecule has 2 rings (SSSR count). The lowest BCUT2D eigenvalue weighted by Crippen LogP contribution is -2.29. The monoisotopic (exact) mass is 254 g/mol. The van der Waals surface area contributed by atoms with Gasteiger partial charge in [0.25, 0.3) is 0 Å². The zero-order valence-corrected chi connectivity index (χ0v) is 11.6. The molecule has 0 bridgehead atoms. The SMILES string of the molecule is CC(CNc1ccccc1)C(C)Nc1ccccc1. The molecular weight excluding hydrogens is 232 g/mol. The van der Waals surface area contributed by atoms with Crippen LogP contribution in [-0.2, 0) is 0 Å². The van der Waals surface area contributed by atoms with Crippen molar-refractivity contribution in [2.24, 2.45) is 5.92 Å². The zero-order chi connectivity index (χ0) is 13.5. The van der Waals surface area contributed by atoms with Crippen LogP contribution in [0.2, 0.25) is 0 Å². The Bertz CT molecular complexity index is 467. The van der Waals surface area contributed by atoms with E-state index in [1.807, 2.05) is 12.1 Å². The van der Waals surface area contributed by atoms with Crippen molar-refractivity contribution < 1.29 is 0 Å². The van der Waals surface area contributed by atoms with Gasteiger partial charge in [-0.3, -0.25) is 0 Å². The first-order valence-electron chi connectivity index (χ1n) is 6.86. The molecule has 2 aromatic rings. The van der Waals surface area contributed by atoms with E-state index in [4.69, 9.17) is 0 Å². The highest BCUT2D eigenvalue weighted by Crippen LogP contribution is 2.13.